The molecule has 0 aromatic heterocycles. The van der Waals surface area contributed by atoms with Crippen molar-refractivity contribution in [2.45, 2.75) is 33.2 Å². The standard InChI is InChI=1S/C23H26IN3O2/c1-14-9-20-18(15(2)12-23(3,4)27(20)5)10-17(14)13-25-26-22(28)16-7-8-19(24)21(11-16)29-6/h7-13H,1-6H3,(H,26,28)/b25-13+. The highest BCUT2D eigenvalue weighted by Gasteiger charge is 2.28. The molecule has 1 heterocycles. The molecule has 0 saturated carbocycles. The highest BCUT2D eigenvalue weighted by Crippen LogP contribution is 2.38. The van der Waals surface area contributed by atoms with Gasteiger partial charge in [-0.15, -0.1) is 0 Å². The third-order valence-corrected chi connectivity index (χ3v) is 6.28. The lowest BCUT2D eigenvalue weighted by Crippen LogP contribution is -2.42. The van der Waals surface area contributed by atoms with Gasteiger partial charge >= 0.3 is 0 Å². The van der Waals surface area contributed by atoms with Gasteiger partial charge in [-0.3, -0.25) is 4.79 Å². The molecule has 1 aliphatic rings. The first kappa shape index (κ1) is 21.4. The lowest BCUT2D eigenvalue weighted by atomic mass is 9.87. The van der Waals surface area contributed by atoms with Crippen molar-refractivity contribution in [3.05, 3.63) is 62.2 Å². The van der Waals surface area contributed by atoms with Gasteiger partial charge in [-0.2, -0.15) is 5.10 Å². The van der Waals surface area contributed by atoms with Crippen LogP contribution in [-0.4, -0.2) is 31.8 Å². The molecule has 152 valence electrons. The Kier molecular flexibility index (Phi) is 6.03. The van der Waals surface area contributed by atoms with Crippen LogP contribution in [0.2, 0.25) is 0 Å². The number of halogens is 1. The minimum Gasteiger partial charge on any atom is -0.496 e. The number of amides is 1. The summed E-state index contributed by atoms with van der Waals surface area (Å²) < 4.78 is 6.23. The Bertz CT molecular complexity index is 1030. The van der Waals surface area contributed by atoms with E-state index in [4.69, 9.17) is 4.74 Å². The van der Waals surface area contributed by atoms with E-state index in [2.05, 4.69) is 91.0 Å². The summed E-state index contributed by atoms with van der Waals surface area (Å²) in [5.41, 5.74) is 8.81. The molecule has 1 N–H and O–H groups in total. The number of allylic oxidation sites excluding steroid dienone is 1. The third kappa shape index (κ3) is 4.32. The van der Waals surface area contributed by atoms with E-state index < -0.39 is 0 Å². The number of likely N-dealkylation sites (N-methyl/N-ethyl adjacent to an activating group) is 1. The van der Waals surface area contributed by atoms with Crippen molar-refractivity contribution in [3.8, 4) is 5.75 Å². The van der Waals surface area contributed by atoms with Crippen molar-refractivity contribution < 1.29 is 9.53 Å². The Morgan fingerprint density at radius 3 is 2.66 bits per heavy atom. The summed E-state index contributed by atoms with van der Waals surface area (Å²) in [6.45, 7) is 8.61. The summed E-state index contributed by atoms with van der Waals surface area (Å²) in [5, 5.41) is 4.18. The quantitative estimate of drug-likeness (QED) is 0.363. The van der Waals surface area contributed by atoms with E-state index >= 15 is 0 Å². The summed E-state index contributed by atoms with van der Waals surface area (Å²) in [5.74, 6) is 0.395. The van der Waals surface area contributed by atoms with Crippen molar-refractivity contribution >= 4 is 46.0 Å². The fourth-order valence-electron chi connectivity index (χ4n) is 3.48. The maximum atomic E-state index is 12.4. The number of anilines is 1. The van der Waals surface area contributed by atoms with Gasteiger partial charge in [-0.05, 0) is 97.3 Å². The number of nitrogens with zero attached hydrogens (tertiary/aromatic N) is 2. The lowest BCUT2D eigenvalue weighted by Gasteiger charge is -2.41. The summed E-state index contributed by atoms with van der Waals surface area (Å²) in [7, 11) is 3.70. The molecule has 29 heavy (non-hydrogen) atoms. The molecule has 0 unspecified atom stereocenters. The van der Waals surface area contributed by atoms with Gasteiger partial charge in [0.05, 0.1) is 22.4 Å². The average molecular weight is 503 g/mol. The number of benzene rings is 2. The first-order valence-corrected chi connectivity index (χ1v) is 10.5. The minimum absolute atomic E-state index is 0.0261. The van der Waals surface area contributed by atoms with Crippen LogP contribution in [0, 0.1) is 10.5 Å². The number of carbonyl (C=O) groups excluding carboxylic acids is 1. The van der Waals surface area contributed by atoms with Crippen molar-refractivity contribution in [1.82, 2.24) is 5.43 Å². The number of carbonyl (C=O) groups is 1. The Hall–Kier alpha value is -2.35. The van der Waals surface area contributed by atoms with Crippen LogP contribution >= 0.6 is 22.6 Å². The molecule has 0 saturated heterocycles. The number of hydrazone groups is 1. The van der Waals surface area contributed by atoms with Crippen LogP contribution in [0.15, 0.2) is 41.5 Å². The van der Waals surface area contributed by atoms with Crippen LogP contribution in [0.4, 0.5) is 5.69 Å². The molecule has 0 aliphatic carbocycles. The number of hydrogen-bond acceptors (Lipinski definition) is 4. The number of aryl methyl sites for hydroxylation is 1. The van der Waals surface area contributed by atoms with E-state index in [1.165, 1.54) is 16.8 Å². The van der Waals surface area contributed by atoms with Crippen LogP contribution in [0.5, 0.6) is 5.75 Å². The summed E-state index contributed by atoms with van der Waals surface area (Å²) in [6.07, 6.45) is 3.97. The zero-order chi connectivity index (χ0) is 21.3. The normalized spacial score (nSPS) is 15.1. The van der Waals surface area contributed by atoms with Crippen LogP contribution in [-0.2, 0) is 0 Å². The molecule has 2 aromatic carbocycles. The van der Waals surface area contributed by atoms with E-state index in [-0.39, 0.29) is 11.4 Å². The minimum atomic E-state index is -0.274. The van der Waals surface area contributed by atoms with Gasteiger partial charge in [0.25, 0.3) is 5.91 Å². The highest BCUT2D eigenvalue weighted by molar-refractivity contribution is 14.1. The molecule has 0 bridgehead atoms. The van der Waals surface area contributed by atoms with Crippen LogP contribution in [0.1, 0.15) is 47.8 Å². The topological polar surface area (TPSA) is 53.9 Å². The van der Waals surface area contributed by atoms with Crippen LogP contribution in [0.3, 0.4) is 0 Å². The van der Waals surface area contributed by atoms with Crippen molar-refractivity contribution in [2.24, 2.45) is 5.10 Å². The molecular weight excluding hydrogens is 477 g/mol. The van der Waals surface area contributed by atoms with Gasteiger partial charge in [0.2, 0.25) is 0 Å². The first-order chi connectivity index (χ1) is 13.6. The Labute approximate surface area is 186 Å². The first-order valence-electron chi connectivity index (χ1n) is 9.39. The molecule has 0 fully saturated rings. The number of nitrogens with one attached hydrogen (secondary N) is 1. The molecule has 6 heteroatoms. The number of hydrogen-bond donors (Lipinski definition) is 1. The monoisotopic (exact) mass is 503 g/mol. The van der Waals surface area contributed by atoms with Gasteiger partial charge in [0.1, 0.15) is 5.75 Å². The van der Waals surface area contributed by atoms with E-state index in [9.17, 15) is 4.79 Å². The number of ether oxygens (including phenoxy) is 1. The second-order valence-electron chi connectivity index (χ2n) is 7.81. The third-order valence-electron chi connectivity index (χ3n) is 5.39. The maximum absolute atomic E-state index is 12.4. The Morgan fingerprint density at radius 1 is 1.24 bits per heavy atom. The molecule has 0 radical (unpaired) electrons. The molecule has 2 aromatic rings. The fourth-order valence-corrected chi connectivity index (χ4v) is 4.04. The zero-order valence-corrected chi connectivity index (χ0v) is 19.8. The van der Waals surface area contributed by atoms with E-state index in [0.29, 0.717) is 11.3 Å². The zero-order valence-electron chi connectivity index (χ0n) is 17.6. The Morgan fingerprint density at radius 2 is 1.97 bits per heavy atom. The average Bonchev–Trinajstić information content (AvgIpc) is 2.67. The van der Waals surface area contributed by atoms with Gasteiger partial charge in [0, 0.05) is 23.9 Å². The predicted octanol–water partition coefficient (Wildman–Crippen LogP) is 5.00. The molecule has 1 amide bonds. The van der Waals surface area contributed by atoms with Gasteiger partial charge in [0.15, 0.2) is 0 Å². The second-order valence-corrected chi connectivity index (χ2v) is 8.98. The van der Waals surface area contributed by atoms with Gasteiger partial charge in [-0.25, -0.2) is 5.43 Å². The molecule has 0 atom stereocenters. The molecule has 3 rings (SSSR count). The van der Waals surface area contributed by atoms with Gasteiger partial charge in [-0.1, -0.05) is 6.08 Å². The Balaban J connectivity index is 1.82. The number of fused-ring (bicyclic) bond motifs is 1. The maximum Gasteiger partial charge on any atom is 0.271 e. The van der Waals surface area contributed by atoms with Crippen LogP contribution in [0.25, 0.3) is 5.57 Å². The molecule has 1 aliphatic heterocycles. The van der Waals surface area contributed by atoms with Gasteiger partial charge < -0.3 is 9.64 Å². The second kappa shape index (κ2) is 8.18. The van der Waals surface area contributed by atoms with E-state index in [1.54, 1.807) is 25.5 Å². The lowest BCUT2D eigenvalue weighted by molar-refractivity contribution is 0.0954. The fraction of sp³-hybridized carbons (Fsp3) is 0.304. The molecule has 5 nitrogen and oxygen atoms in total. The van der Waals surface area contributed by atoms with E-state index in [0.717, 1.165) is 14.7 Å². The summed E-state index contributed by atoms with van der Waals surface area (Å²) in [6, 6.07) is 9.62. The van der Waals surface area contributed by atoms with E-state index in [1.807, 2.05) is 6.07 Å². The van der Waals surface area contributed by atoms with Crippen LogP contribution < -0.4 is 15.1 Å². The largest absolute Gasteiger partial charge is 0.496 e. The van der Waals surface area contributed by atoms with Crippen molar-refractivity contribution in [3.63, 3.8) is 0 Å². The highest BCUT2D eigenvalue weighted by atomic mass is 127. The number of methoxy groups -OCH3 is 1. The molecule has 0 spiro atoms. The summed E-state index contributed by atoms with van der Waals surface area (Å²) in [4.78, 5) is 14.7. The number of rotatable bonds is 4. The smallest absolute Gasteiger partial charge is 0.271 e. The summed E-state index contributed by atoms with van der Waals surface area (Å²) >= 11 is 2.17. The van der Waals surface area contributed by atoms with Crippen molar-refractivity contribution in [1.29, 1.82) is 0 Å². The van der Waals surface area contributed by atoms with Crippen molar-refractivity contribution in [2.75, 3.05) is 19.1 Å². The SMILES string of the molecule is COc1cc(C(=O)N/N=C/c2cc3c(cc2C)N(C)C(C)(C)C=C3C)ccc1I. The predicted molar refractivity (Wildman–Crippen MR) is 128 cm³/mol. The molecular formula is C23H26IN3O2.